The van der Waals surface area contributed by atoms with Crippen molar-refractivity contribution < 1.29 is 13.6 Å². The molecule has 5 heteroatoms. The highest BCUT2D eigenvalue weighted by Gasteiger charge is 2.16. The van der Waals surface area contributed by atoms with Crippen molar-refractivity contribution in [3.63, 3.8) is 0 Å². The van der Waals surface area contributed by atoms with Gasteiger partial charge in [-0.2, -0.15) is 0 Å². The molecule has 0 aliphatic heterocycles. The number of benzene rings is 1. The average Bonchev–Trinajstić information content (AvgIpc) is 2.93. The van der Waals surface area contributed by atoms with Gasteiger partial charge in [-0.1, -0.05) is 11.6 Å². The van der Waals surface area contributed by atoms with Gasteiger partial charge in [0.05, 0.1) is 4.34 Å². The van der Waals surface area contributed by atoms with Gasteiger partial charge in [-0.25, -0.2) is 4.39 Å². The van der Waals surface area contributed by atoms with Gasteiger partial charge in [-0.05, 0) is 30.3 Å². The Morgan fingerprint density at radius 3 is 2.83 bits per heavy atom. The number of hydrogen-bond acceptors (Lipinski definition) is 3. The lowest BCUT2D eigenvalue weighted by Gasteiger charge is -1.90. The summed E-state index contributed by atoms with van der Waals surface area (Å²) < 4.78 is 19.0. The zero-order valence-electron chi connectivity index (χ0n) is 8.94. The van der Waals surface area contributed by atoms with Crippen LogP contribution >= 0.6 is 22.9 Å². The molecule has 0 aliphatic rings. The molecule has 0 saturated heterocycles. The van der Waals surface area contributed by atoms with E-state index in [1.54, 1.807) is 11.4 Å². The molecule has 0 saturated carbocycles. The lowest BCUT2D eigenvalue weighted by Crippen LogP contribution is -1.96. The van der Waals surface area contributed by atoms with Crippen molar-refractivity contribution in [3.05, 3.63) is 57.2 Å². The molecule has 0 amide bonds. The first-order chi connectivity index (χ1) is 8.63. The number of carbonyl (C=O) groups excluding carboxylic acids is 1. The standard InChI is InChI=1S/C13H6ClFO2S/c14-12-5-8(6-18-12)13(16)11-4-7-3-9(15)1-2-10(7)17-11/h1-6H. The minimum atomic E-state index is -0.360. The van der Waals surface area contributed by atoms with E-state index in [0.29, 0.717) is 20.9 Å². The summed E-state index contributed by atoms with van der Waals surface area (Å²) in [5.41, 5.74) is 0.964. The maximum atomic E-state index is 13.0. The summed E-state index contributed by atoms with van der Waals surface area (Å²) in [5, 5.41) is 2.23. The van der Waals surface area contributed by atoms with Crippen LogP contribution in [0.25, 0.3) is 11.0 Å². The molecule has 3 rings (SSSR count). The third kappa shape index (κ3) is 1.94. The molecule has 18 heavy (non-hydrogen) atoms. The van der Waals surface area contributed by atoms with Crippen LogP contribution in [0.3, 0.4) is 0 Å². The Balaban J connectivity index is 2.06. The van der Waals surface area contributed by atoms with Crippen LogP contribution in [0.1, 0.15) is 16.1 Å². The van der Waals surface area contributed by atoms with Gasteiger partial charge < -0.3 is 4.42 Å². The van der Waals surface area contributed by atoms with E-state index < -0.39 is 0 Å². The molecular weight excluding hydrogens is 275 g/mol. The fraction of sp³-hybridized carbons (Fsp3) is 0. The van der Waals surface area contributed by atoms with E-state index in [9.17, 15) is 9.18 Å². The van der Waals surface area contributed by atoms with Gasteiger partial charge in [0.1, 0.15) is 11.4 Å². The van der Waals surface area contributed by atoms with Gasteiger partial charge in [0.25, 0.3) is 0 Å². The molecule has 2 nitrogen and oxygen atoms in total. The highest BCUT2D eigenvalue weighted by atomic mass is 35.5. The second-order valence-corrected chi connectivity index (χ2v) is 5.30. The molecule has 0 fully saturated rings. The summed E-state index contributed by atoms with van der Waals surface area (Å²) in [6.45, 7) is 0. The zero-order valence-corrected chi connectivity index (χ0v) is 10.5. The molecule has 0 aliphatic carbocycles. The molecule has 0 unspecified atom stereocenters. The van der Waals surface area contributed by atoms with Gasteiger partial charge in [0.15, 0.2) is 5.76 Å². The average molecular weight is 281 g/mol. The van der Waals surface area contributed by atoms with E-state index in [4.69, 9.17) is 16.0 Å². The molecule has 0 atom stereocenters. The predicted octanol–water partition coefficient (Wildman–Crippen LogP) is 4.52. The lowest BCUT2D eigenvalue weighted by molar-refractivity contribution is 0.101. The van der Waals surface area contributed by atoms with Gasteiger partial charge in [-0.15, -0.1) is 11.3 Å². The normalized spacial score (nSPS) is 11.0. The van der Waals surface area contributed by atoms with Crippen LogP contribution in [0.4, 0.5) is 4.39 Å². The maximum absolute atomic E-state index is 13.0. The van der Waals surface area contributed by atoms with E-state index in [1.807, 2.05) is 0 Å². The zero-order chi connectivity index (χ0) is 12.7. The van der Waals surface area contributed by atoms with Crippen molar-refractivity contribution in [3.8, 4) is 0 Å². The van der Waals surface area contributed by atoms with Gasteiger partial charge in [-0.3, -0.25) is 4.79 Å². The first-order valence-corrected chi connectivity index (χ1v) is 6.37. The highest BCUT2D eigenvalue weighted by molar-refractivity contribution is 7.14. The van der Waals surface area contributed by atoms with Crippen molar-refractivity contribution in [2.75, 3.05) is 0 Å². The number of fused-ring (bicyclic) bond motifs is 1. The molecule has 3 aromatic rings. The molecular formula is C13H6ClFO2S. The summed E-state index contributed by atoms with van der Waals surface area (Å²) in [6, 6.07) is 7.24. The van der Waals surface area contributed by atoms with Crippen LogP contribution in [0, 0.1) is 5.82 Å². The van der Waals surface area contributed by atoms with Crippen LogP contribution in [0.5, 0.6) is 0 Å². The lowest BCUT2D eigenvalue weighted by atomic mass is 10.1. The minimum absolute atomic E-state index is 0.185. The predicted molar refractivity (Wildman–Crippen MR) is 68.9 cm³/mol. The monoisotopic (exact) mass is 280 g/mol. The van der Waals surface area contributed by atoms with Crippen LogP contribution in [-0.4, -0.2) is 5.78 Å². The number of ketones is 1. The summed E-state index contributed by atoms with van der Waals surface area (Å²) in [7, 11) is 0. The van der Waals surface area contributed by atoms with Crippen LogP contribution < -0.4 is 0 Å². The summed E-state index contributed by atoms with van der Waals surface area (Å²) >= 11 is 7.06. The van der Waals surface area contributed by atoms with E-state index >= 15 is 0 Å². The second-order valence-electron chi connectivity index (χ2n) is 3.76. The highest BCUT2D eigenvalue weighted by Crippen LogP contribution is 2.25. The molecule has 2 aromatic heterocycles. The number of thiophene rings is 1. The molecule has 1 aromatic carbocycles. The first kappa shape index (κ1) is 11.4. The Morgan fingerprint density at radius 2 is 2.11 bits per heavy atom. The molecule has 0 radical (unpaired) electrons. The van der Waals surface area contributed by atoms with Crippen molar-refractivity contribution in [2.45, 2.75) is 0 Å². The van der Waals surface area contributed by atoms with E-state index in [-0.39, 0.29) is 17.4 Å². The SMILES string of the molecule is O=C(c1csc(Cl)c1)c1cc2cc(F)ccc2o1. The Kier molecular flexibility index (Phi) is 2.69. The van der Waals surface area contributed by atoms with Crippen LogP contribution in [-0.2, 0) is 0 Å². The topological polar surface area (TPSA) is 30.2 Å². The number of rotatable bonds is 2. The number of halogens is 2. The third-order valence-corrected chi connectivity index (χ3v) is 3.62. The van der Waals surface area contributed by atoms with Crippen molar-refractivity contribution in [1.82, 2.24) is 0 Å². The largest absolute Gasteiger partial charge is 0.453 e. The molecule has 0 N–H and O–H groups in total. The van der Waals surface area contributed by atoms with Crippen molar-refractivity contribution in [2.24, 2.45) is 0 Å². The van der Waals surface area contributed by atoms with Crippen molar-refractivity contribution >= 4 is 39.7 Å². The Morgan fingerprint density at radius 1 is 1.28 bits per heavy atom. The van der Waals surface area contributed by atoms with E-state index in [0.717, 1.165) is 0 Å². The quantitative estimate of drug-likeness (QED) is 0.646. The first-order valence-electron chi connectivity index (χ1n) is 5.11. The fourth-order valence-electron chi connectivity index (χ4n) is 1.70. The van der Waals surface area contributed by atoms with Gasteiger partial charge in [0.2, 0.25) is 5.78 Å². The maximum Gasteiger partial charge on any atom is 0.229 e. The van der Waals surface area contributed by atoms with Crippen LogP contribution in [0.2, 0.25) is 4.34 Å². The second kappa shape index (κ2) is 4.23. The molecule has 2 heterocycles. The van der Waals surface area contributed by atoms with Crippen molar-refractivity contribution in [1.29, 1.82) is 0 Å². The number of hydrogen-bond donors (Lipinski definition) is 0. The smallest absolute Gasteiger partial charge is 0.229 e. The summed E-state index contributed by atoms with van der Waals surface area (Å²) in [5.74, 6) is -0.430. The fourth-order valence-corrected chi connectivity index (χ4v) is 2.56. The van der Waals surface area contributed by atoms with Crippen LogP contribution in [0.15, 0.2) is 40.1 Å². The Bertz CT molecular complexity index is 744. The molecule has 90 valence electrons. The Hall–Kier alpha value is -1.65. The summed E-state index contributed by atoms with van der Waals surface area (Å²) in [6.07, 6.45) is 0. The molecule has 0 spiro atoms. The van der Waals surface area contributed by atoms with E-state index in [2.05, 4.69) is 0 Å². The number of carbonyl (C=O) groups is 1. The molecule has 0 bridgehead atoms. The van der Waals surface area contributed by atoms with E-state index in [1.165, 1.54) is 35.6 Å². The number of furan rings is 1. The van der Waals surface area contributed by atoms with Gasteiger partial charge in [0, 0.05) is 16.3 Å². The minimum Gasteiger partial charge on any atom is -0.453 e. The Labute approximate surface area is 111 Å². The summed E-state index contributed by atoms with van der Waals surface area (Å²) in [4.78, 5) is 12.1. The third-order valence-electron chi connectivity index (χ3n) is 2.53. The van der Waals surface area contributed by atoms with Gasteiger partial charge >= 0.3 is 0 Å².